The maximum atomic E-state index is 5.84. The van der Waals surface area contributed by atoms with Crippen LogP contribution in [0, 0.1) is 0 Å². The molecule has 22 heavy (non-hydrogen) atoms. The lowest BCUT2D eigenvalue weighted by molar-refractivity contribution is 0.310. The highest BCUT2D eigenvalue weighted by molar-refractivity contribution is 5.71. The summed E-state index contributed by atoms with van der Waals surface area (Å²) in [7, 11) is 0. The molecule has 2 aromatic rings. The van der Waals surface area contributed by atoms with Gasteiger partial charge < -0.3 is 15.8 Å². The van der Waals surface area contributed by atoms with Crippen molar-refractivity contribution < 1.29 is 4.74 Å². The Balaban J connectivity index is 1.85. The molecule has 0 radical (unpaired) electrons. The van der Waals surface area contributed by atoms with Gasteiger partial charge in [-0.15, -0.1) is 0 Å². The highest BCUT2D eigenvalue weighted by Gasteiger charge is 2.11. The molecule has 1 aliphatic rings. The summed E-state index contributed by atoms with van der Waals surface area (Å²) in [5.41, 5.74) is 12.0. The minimum absolute atomic E-state index is 0.669. The summed E-state index contributed by atoms with van der Waals surface area (Å²) in [6.07, 6.45) is 2.98. The lowest BCUT2D eigenvalue weighted by Gasteiger charge is -2.13. The highest BCUT2D eigenvalue weighted by atomic mass is 16.5. The third-order valence-corrected chi connectivity index (χ3v) is 4.20. The minimum Gasteiger partial charge on any atom is -0.493 e. The van der Waals surface area contributed by atoms with E-state index in [0.717, 1.165) is 31.6 Å². The van der Waals surface area contributed by atoms with Gasteiger partial charge in [0.05, 0.1) is 6.61 Å². The van der Waals surface area contributed by atoms with Gasteiger partial charge in [-0.25, -0.2) is 0 Å². The quantitative estimate of drug-likeness (QED) is 0.801. The smallest absolute Gasteiger partial charge is 0.122 e. The van der Waals surface area contributed by atoms with E-state index in [0.29, 0.717) is 13.2 Å². The first-order valence-electron chi connectivity index (χ1n) is 8.14. The van der Waals surface area contributed by atoms with Crippen molar-refractivity contribution in [2.75, 3.05) is 25.0 Å². The number of benzene rings is 2. The molecule has 1 heterocycles. The summed E-state index contributed by atoms with van der Waals surface area (Å²) in [5, 5.41) is 3.41. The third-order valence-electron chi connectivity index (χ3n) is 4.20. The van der Waals surface area contributed by atoms with Crippen LogP contribution in [0.2, 0.25) is 0 Å². The number of hydrogen-bond acceptors (Lipinski definition) is 3. The van der Waals surface area contributed by atoms with E-state index >= 15 is 0 Å². The van der Waals surface area contributed by atoms with E-state index in [9.17, 15) is 0 Å². The van der Waals surface area contributed by atoms with Crippen LogP contribution in [-0.2, 0) is 12.8 Å². The third kappa shape index (κ3) is 3.09. The van der Waals surface area contributed by atoms with Gasteiger partial charge in [0.15, 0.2) is 0 Å². The molecule has 0 aliphatic carbocycles. The normalized spacial score (nSPS) is 12.8. The van der Waals surface area contributed by atoms with E-state index in [1.54, 1.807) is 0 Å². The number of hydrogen-bond donors (Lipinski definition) is 2. The van der Waals surface area contributed by atoms with E-state index in [-0.39, 0.29) is 0 Å². The Morgan fingerprint density at radius 1 is 1.14 bits per heavy atom. The molecule has 1 aliphatic heterocycles. The van der Waals surface area contributed by atoms with E-state index < -0.39 is 0 Å². The molecule has 3 heteroatoms. The van der Waals surface area contributed by atoms with Gasteiger partial charge in [-0.05, 0) is 72.3 Å². The first-order valence-corrected chi connectivity index (χ1v) is 8.14. The molecule has 0 aromatic heterocycles. The van der Waals surface area contributed by atoms with Crippen LogP contribution in [0.4, 0.5) is 5.69 Å². The number of anilines is 1. The molecule has 3 rings (SSSR count). The predicted molar refractivity (Wildman–Crippen MR) is 92.6 cm³/mol. The predicted octanol–water partition coefficient (Wildman–Crippen LogP) is 3.61. The number of fused-ring (bicyclic) bond motifs is 1. The van der Waals surface area contributed by atoms with Crippen LogP contribution in [0.25, 0.3) is 11.1 Å². The fourth-order valence-electron chi connectivity index (χ4n) is 2.93. The molecule has 0 saturated carbocycles. The molecule has 0 fully saturated rings. The molecule has 0 amide bonds. The van der Waals surface area contributed by atoms with E-state index in [4.69, 9.17) is 10.5 Å². The average Bonchev–Trinajstić information content (AvgIpc) is 3.03. The number of ether oxygens (including phenoxy) is 1. The summed E-state index contributed by atoms with van der Waals surface area (Å²) in [6.45, 7) is 4.57. The molecular formula is C19H24N2O. The van der Waals surface area contributed by atoms with Crippen molar-refractivity contribution in [1.29, 1.82) is 0 Å². The maximum Gasteiger partial charge on any atom is 0.122 e. The Morgan fingerprint density at radius 3 is 2.77 bits per heavy atom. The first-order chi connectivity index (χ1) is 10.8. The molecule has 0 bridgehead atoms. The van der Waals surface area contributed by atoms with Crippen molar-refractivity contribution in [1.82, 2.24) is 0 Å². The second kappa shape index (κ2) is 6.84. The van der Waals surface area contributed by atoms with Crippen molar-refractivity contribution in [3.8, 4) is 16.9 Å². The van der Waals surface area contributed by atoms with Gasteiger partial charge in [0.1, 0.15) is 5.75 Å². The largest absolute Gasteiger partial charge is 0.493 e. The summed E-state index contributed by atoms with van der Waals surface area (Å²) >= 11 is 0. The molecule has 3 nitrogen and oxygen atoms in total. The second-order valence-corrected chi connectivity index (χ2v) is 5.72. The van der Waals surface area contributed by atoms with Gasteiger partial charge in [0, 0.05) is 12.2 Å². The van der Waals surface area contributed by atoms with Gasteiger partial charge in [-0.3, -0.25) is 0 Å². The monoisotopic (exact) mass is 296 g/mol. The zero-order valence-electron chi connectivity index (χ0n) is 13.2. The van der Waals surface area contributed by atoms with Crippen LogP contribution in [0.1, 0.15) is 24.5 Å². The van der Waals surface area contributed by atoms with Crippen molar-refractivity contribution >= 4 is 5.69 Å². The maximum absolute atomic E-state index is 5.84. The Bertz CT molecular complexity index is 652. The highest BCUT2D eigenvalue weighted by Crippen LogP contribution is 2.31. The topological polar surface area (TPSA) is 47.3 Å². The Morgan fingerprint density at radius 2 is 1.95 bits per heavy atom. The van der Waals surface area contributed by atoms with Crippen LogP contribution in [0.5, 0.6) is 5.75 Å². The van der Waals surface area contributed by atoms with Crippen molar-refractivity contribution in [3.63, 3.8) is 0 Å². The Kier molecular flexibility index (Phi) is 4.64. The zero-order valence-corrected chi connectivity index (χ0v) is 13.2. The van der Waals surface area contributed by atoms with E-state index in [1.165, 1.54) is 27.9 Å². The first kappa shape index (κ1) is 14.9. The Hall–Kier alpha value is -2.00. The molecular weight excluding hydrogens is 272 g/mol. The summed E-state index contributed by atoms with van der Waals surface area (Å²) in [5.74, 6) is 0.988. The molecule has 0 spiro atoms. The molecule has 0 saturated heterocycles. The minimum atomic E-state index is 0.669. The van der Waals surface area contributed by atoms with Crippen molar-refractivity contribution in [2.24, 2.45) is 5.73 Å². The van der Waals surface area contributed by atoms with Crippen molar-refractivity contribution in [3.05, 3.63) is 47.5 Å². The van der Waals surface area contributed by atoms with E-state index in [2.05, 4.69) is 48.6 Å². The van der Waals surface area contributed by atoms with Crippen LogP contribution in [0.15, 0.2) is 36.4 Å². The lowest BCUT2D eigenvalue weighted by Crippen LogP contribution is -2.07. The number of rotatable bonds is 6. The van der Waals surface area contributed by atoms with Crippen LogP contribution >= 0.6 is 0 Å². The van der Waals surface area contributed by atoms with Crippen molar-refractivity contribution in [2.45, 2.75) is 26.2 Å². The van der Waals surface area contributed by atoms with Gasteiger partial charge in [-0.2, -0.15) is 0 Å². The molecule has 0 unspecified atom stereocenters. The fraction of sp³-hybridized carbons (Fsp3) is 0.368. The molecule has 116 valence electrons. The Labute approximate surface area is 132 Å². The zero-order chi connectivity index (χ0) is 15.4. The average molecular weight is 296 g/mol. The molecule has 3 N–H and O–H groups in total. The van der Waals surface area contributed by atoms with Crippen LogP contribution < -0.4 is 15.8 Å². The van der Waals surface area contributed by atoms with E-state index in [1.807, 2.05) is 0 Å². The number of aryl methyl sites for hydroxylation is 1. The van der Waals surface area contributed by atoms with Crippen LogP contribution in [0.3, 0.4) is 0 Å². The number of nitrogens with one attached hydrogen (secondary N) is 1. The summed E-state index contributed by atoms with van der Waals surface area (Å²) in [4.78, 5) is 0. The molecule has 0 atom stereocenters. The number of nitrogens with two attached hydrogens (primary N) is 1. The van der Waals surface area contributed by atoms with Gasteiger partial charge >= 0.3 is 0 Å². The van der Waals surface area contributed by atoms with Gasteiger partial charge in [0.2, 0.25) is 0 Å². The molecule has 2 aromatic carbocycles. The lowest BCUT2D eigenvalue weighted by atomic mass is 9.99. The van der Waals surface area contributed by atoms with Gasteiger partial charge in [0.25, 0.3) is 0 Å². The second-order valence-electron chi connectivity index (χ2n) is 5.72. The summed E-state index contributed by atoms with van der Waals surface area (Å²) < 4.78 is 5.84. The van der Waals surface area contributed by atoms with Crippen LogP contribution in [-0.4, -0.2) is 19.7 Å². The standard InChI is InChI=1S/C19H24N2O/c1-2-14-12-16(5-7-19(14)22-11-3-9-20)15-4-6-18-17(13-15)8-10-21-18/h4-7,12-13,21H,2-3,8-11,20H2,1H3. The summed E-state index contributed by atoms with van der Waals surface area (Å²) in [6, 6.07) is 13.2. The fourth-order valence-corrected chi connectivity index (χ4v) is 2.93. The SMILES string of the molecule is CCc1cc(-c2ccc3c(c2)CCN3)ccc1OCCCN. The van der Waals surface area contributed by atoms with Gasteiger partial charge in [-0.1, -0.05) is 19.1 Å².